The van der Waals surface area contributed by atoms with Gasteiger partial charge in [-0.1, -0.05) is 0 Å². The SMILES string of the molecule is Cc1cc(C)nc(NS(=O)(=O)c2ccc(N)cc2)n1.[Al]. The molecule has 0 saturated carbocycles. The zero-order chi connectivity index (χ0) is 14.0. The number of anilines is 2. The van der Waals surface area contributed by atoms with Crippen molar-refractivity contribution in [3.8, 4) is 0 Å². The van der Waals surface area contributed by atoms with Crippen LogP contribution < -0.4 is 10.5 Å². The molecular formula is C12H14AlN4O2S. The van der Waals surface area contributed by atoms with Crippen LogP contribution in [0.1, 0.15) is 11.4 Å². The molecule has 2 aromatic rings. The molecule has 1 aromatic carbocycles. The van der Waals surface area contributed by atoms with Crippen molar-refractivity contribution >= 4 is 39.0 Å². The Hall–Kier alpha value is -1.62. The number of nitrogens with zero attached hydrogens (tertiary/aromatic N) is 2. The number of hydrogen-bond acceptors (Lipinski definition) is 5. The summed E-state index contributed by atoms with van der Waals surface area (Å²) in [6, 6.07) is 7.68. The molecule has 0 fully saturated rings. The Balaban J connectivity index is 0.00000200. The molecule has 8 heteroatoms. The van der Waals surface area contributed by atoms with E-state index in [9.17, 15) is 8.42 Å². The quantitative estimate of drug-likeness (QED) is 0.653. The van der Waals surface area contributed by atoms with E-state index in [0.717, 1.165) is 0 Å². The van der Waals surface area contributed by atoms with Crippen molar-refractivity contribution in [1.82, 2.24) is 9.97 Å². The van der Waals surface area contributed by atoms with Crippen molar-refractivity contribution in [2.75, 3.05) is 10.5 Å². The molecule has 0 aliphatic carbocycles. The fraction of sp³-hybridized carbons (Fsp3) is 0.167. The Morgan fingerprint density at radius 2 is 1.55 bits per heavy atom. The van der Waals surface area contributed by atoms with Crippen LogP contribution in [0.2, 0.25) is 0 Å². The highest BCUT2D eigenvalue weighted by atomic mass is 32.2. The average molecular weight is 305 g/mol. The predicted molar refractivity (Wildman–Crippen MR) is 78.9 cm³/mol. The largest absolute Gasteiger partial charge is 0.399 e. The van der Waals surface area contributed by atoms with Gasteiger partial charge in [0.1, 0.15) is 0 Å². The lowest BCUT2D eigenvalue weighted by Crippen LogP contribution is -2.15. The molecular weight excluding hydrogens is 291 g/mol. The first-order valence-corrected chi connectivity index (χ1v) is 7.06. The lowest BCUT2D eigenvalue weighted by molar-refractivity contribution is 0.601. The van der Waals surface area contributed by atoms with Crippen LogP contribution >= 0.6 is 0 Å². The van der Waals surface area contributed by atoms with Gasteiger partial charge in [-0.25, -0.2) is 23.1 Å². The maximum absolute atomic E-state index is 12.1. The molecule has 0 spiro atoms. The van der Waals surface area contributed by atoms with Gasteiger partial charge in [0.2, 0.25) is 5.95 Å². The van der Waals surface area contributed by atoms with Crippen LogP contribution in [0.15, 0.2) is 35.2 Å². The van der Waals surface area contributed by atoms with E-state index in [4.69, 9.17) is 5.73 Å². The zero-order valence-corrected chi connectivity index (χ0v) is 13.1. The van der Waals surface area contributed by atoms with Crippen molar-refractivity contribution in [2.24, 2.45) is 0 Å². The third kappa shape index (κ3) is 3.94. The van der Waals surface area contributed by atoms with Gasteiger partial charge in [-0.05, 0) is 44.2 Å². The number of benzene rings is 1. The molecule has 103 valence electrons. The summed E-state index contributed by atoms with van der Waals surface area (Å²) in [5, 5.41) is 0. The Kier molecular flexibility index (Phi) is 5.11. The van der Waals surface area contributed by atoms with E-state index >= 15 is 0 Å². The number of sulfonamides is 1. The molecule has 0 atom stereocenters. The molecule has 3 radical (unpaired) electrons. The lowest BCUT2D eigenvalue weighted by Gasteiger charge is -2.08. The number of nitrogens with one attached hydrogen (secondary N) is 1. The molecule has 0 saturated heterocycles. The van der Waals surface area contributed by atoms with E-state index in [1.807, 2.05) is 0 Å². The number of rotatable bonds is 3. The van der Waals surface area contributed by atoms with Gasteiger partial charge < -0.3 is 5.73 Å². The second-order valence-electron chi connectivity index (χ2n) is 4.15. The highest BCUT2D eigenvalue weighted by molar-refractivity contribution is 7.92. The van der Waals surface area contributed by atoms with Gasteiger partial charge in [0.15, 0.2) is 0 Å². The fourth-order valence-corrected chi connectivity index (χ4v) is 2.54. The Bertz CT molecular complexity index is 682. The van der Waals surface area contributed by atoms with Crippen LogP contribution in [0.3, 0.4) is 0 Å². The van der Waals surface area contributed by atoms with Crippen LogP contribution in [0.5, 0.6) is 0 Å². The van der Waals surface area contributed by atoms with E-state index in [0.29, 0.717) is 17.1 Å². The minimum atomic E-state index is -3.69. The smallest absolute Gasteiger partial charge is 0.264 e. The van der Waals surface area contributed by atoms with Gasteiger partial charge in [0, 0.05) is 34.4 Å². The monoisotopic (exact) mass is 305 g/mol. The molecule has 2 rings (SSSR count). The van der Waals surface area contributed by atoms with E-state index in [-0.39, 0.29) is 28.2 Å². The standard InChI is InChI=1S/C12H14N4O2S.Al/c1-8-7-9(2)15-12(14-8)16-19(17,18)11-5-3-10(13)4-6-11;/h3-7H,13H2,1-2H3,(H,14,15,16);. The number of aryl methyl sites for hydroxylation is 2. The molecule has 20 heavy (non-hydrogen) atoms. The maximum atomic E-state index is 12.1. The second-order valence-corrected chi connectivity index (χ2v) is 5.83. The van der Waals surface area contributed by atoms with Crippen LogP contribution in [-0.2, 0) is 10.0 Å². The highest BCUT2D eigenvalue weighted by Crippen LogP contribution is 2.15. The van der Waals surface area contributed by atoms with Crippen molar-refractivity contribution in [2.45, 2.75) is 18.7 Å². The number of hydrogen-bond donors (Lipinski definition) is 2. The highest BCUT2D eigenvalue weighted by Gasteiger charge is 2.15. The number of nitrogens with two attached hydrogens (primary N) is 1. The predicted octanol–water partition coefficient (Wildman–Crippen LogP) is 1.10. The molecule has 0 amide bonds. The molecule has 6 nitrogen and oxygen atoms in total. The average Bonchev–Trinajstić information content (AvgIpc) is 2.27. The first-order chi connectivity index (χ1) is 8.87. The second kappa shape index (κ2) is 6.22. The summed E-state index contributed by atoms with van der Waals surface area (Å²) in [6.07, 6.45) is 0. The van der Waals surface area contributed by atoms with Crippen LogP contribution in [0.25, 0.3) is 0 Å². The molecule has 1 heterocycles. The summed E-state index contributed by atoms with van der Waals surface area (Å²) in [7, 11) is -3.69. The van der Waals surface area contributed by atoms with E-state index in [2.05, 4.69) is 14.7 Å². The number of nitrogen functional groups attached to an aromatic ring is 1. The summed E-state index contributed by atoms with van der Waals surface area (Å²) in [5.41, 5.74) is 7.42. The van der Waals surface area contributed by atoms with Gasteiger partial charge in [0.25, 0.3) is 10.0 Å². The molecule has 1 aromatic heterocycles. The maximum Gasteiger partial charge on any atom is 0.264 e. The van der Waals surface area contributed by atoms with Crippen LogP contribution in [-0.4, -0.2) is 35.7 Å². The van der Waals surface area contributed by atoms with Crippen molar-refractivity contribution in [3.63, 3.8) is 0 Å². The summed E-state index contributed by atoms with van der Waals surface area (Å²) < 4.78 is 26.6. The number of aromatic nitrogens is 2. The molecule has 0 aliphatic heterocycles. The third-order valence-corrected chi connectivity index (χ3v) is 3.74. The first-order valence-electron chi connectivity index (χ1n) is 5.57. The first kappa shape index (κ1) is 16.4. The van der Waals surface area contributed by atoms with Crippen LogP contribution in [0.4, 0.5) is 11.6 Å². The molecule has 0 bridgehead atoms. The summed E-state index contributed by atoms with van der Waals surface area (Å²) in [5.74, 6) is 0.0642. The summed E-state index contributed by atoms with van der Waals surface area (Å²) in [4.78, 5) is 8.19. The van der Waals surface area contributed by atoms with Gasteiger partial charge in [-0.2, -0.15) is 0 Å². The van der Waals surface area contributed by atoms with Crippen molar-refractivity contribution in [1.29, 1.82) is 0 Å². The van der Waals surface area contributed by atoms with E-state index < -0.39 is 10.0 Å². The van der Waals surface area contributed by atoms with Crippen molar-refractivity contribution < 1.29 is 8.42 Å². The van der Waals surface area contributed by atoms with Crippen LogP contribution in [0, 0.1) is 13.8 Å². The van der Waals surface area contributed by atoms with Gasteiger partial charge in [0.05, 0.1) is 4.90 Å². The fourth-order valence-electron chi connectivity index (χ4n) is 1.60. The van der Waals surface area contributed by atoms with Gasteiger partial charge in [-0.15, -0.1) is 0 Å². The van der Waals surface area contributed by atoms with Gasteiger partial charge in [-0.3, -0.25) is 0 Å². The minimum Gasteiger partial charge on any atom is -0.399 e. The van der Waals surface area contributed by atoms with E-state index in [1.165, 1.54) is 24.3 Å². The molecule has 3 N–H and O–H groups in total. The Morgan fingerprint density at radius 3 is 2.05 bits per heavy atom. The molecule has 0 aliphatic rings. The topological polar surface area (TPSA) is 98.0 Å². The third-order valence-electron chi connectivity index (χ3n) is 2.40. The normalized spacial score (nSPS) is 10.7. The summed E-state index contributed by atoms with van der Waals surface area (Å²) >= 11 is 0. The Labute approximate surface area is 128 Å². The molecule has 0 unspecified atom stereocenters. The van der Waals surface area contributed by atoms with E-state index in [1.54, 1.807) is 19.9 Å². The summed E-state index contributed by atoms with van der Waals surface area (Å²) in [6.45, 7) is 3.55. The Morgan fingerprint density at radius 1 is 1.05 bits per heavy atom. The minimum absolute atomic E-state index is 0. The van der Waals surface area contributed by atoms with Gasteiger partial charge >= 0.3 is 0 Å². The lowest BCUT2D eigenvalue weighted by atomic mass is 10.3. The van der Waals surface area contributed by atoms with Crippen molar-refractivity contribution in [3.05, 3.63) is 41.7 Å². The zero-order valence-electron chi connectivity index (χ0n) is 11.2.